The second kappa shape index (κ2) is 9.15. The SMILES string of the molecule is COCCN(CC(C)=CC(=O)O)C(C)COC. The Hall–Kier alpha value is -0.910. The van der Waals surface area contributed by atoms with Gasteiger partial charge in [0.2, 0.25) is 0 Å². The van der Waals surface area contributed by atoms with Crippen molar-refractivity contribution >= 4 is 5.97 Å². The molecular formula is C12H23NO4. The fourth-order valence-corrected chi connectivity index (χ4v) is 1.59. The van der Waals surface area contributed by atoms with Crippen LogP contribution >= 0.6 is 0 Å². The van der Waals surface area contributed by atoms with E-state index in [4.69, 9.17) is 14.6 Å². The monoisotopic (exact) mass is 245 g/mol. The molecule has 1 unspecified atom stereocenters. The van der Waals surface area contributed by atoms with Gasteiger partial charge in [-0.3, -0.25) is 4.90 Å². The molecule has 0 aromatic heterocycles. The zero-order chi connectivity index (χ0) is 13.3. The van der Waals surface area contributed by atoms with Crippen LogP contribution in [0.4, 0.5) is 0 Å². The predicted octanol–water partition coefficient (Wildman–Crippen LogP) is 1.00. The molecule has 0 amide bonds. The van der Waals surface area contributed by atoms with E-state index in [1.165, 1.54) is 6.08 Å². The van der Waals surface area contributed by atoms with Crippen molar-refractivity contribution in [2.75, 3.05) is 40.5 Å². The number of carboxylic acid groups (broad SMARTS) is 1. The molecular weight excluding hydrogens is 222 g/mol. The fraction of sp³-hybridized carbons (Fsp3) is 0.750. The van der Waals surface area contributed by atoms with Gasteiger partial charge in [0.15, 0.2) is 0 Å². The highest BCUT2D eigenvalue weighted by Gasteiger charge is 2.14. The molecule has 0 heterocycles. The molecule has 17 heavy (non-hydrogen) atoms. The smallest absolute Gasteiger partial charge is 0.328 e. The Morgan fingerprint density at radius 2 is 2.06 bits per heavy atom. The molecule has 0 saturated heterocycles. The fourth-order valence-electron chi connectivity index (χ4n) is 1.59. The molecule has 5 heteroatoms. The van der Waals surface area contributed by atoms with E-state index >= 15 is 0 Å². The second-order valence-corrected chi connectivity index (χ2v) is 4.10. The second-order valence-electron chi connectivity index (χ2n) is 4.10. The van der Waals surface area contributed by atoms with Gasteiger partial charge >= 0.3 is 5.97 Å². The van der Waals surface area contributed by atoms with Crippen LogP contribution in [-0.4, -0.2) is 62.5 Å². The first-order chi connectivity index (χ1) is 8.01. The van der Waals surface area contributed by atoms with Crippen molar-refractivity contribution in [3.63, 3.8) is 0 Å². The Balaban J connectivity index is 4.41. The molecule has 1 N–H and O–H groups in total. The van der Waals surface area contributed by atoms with Gasteiger partial charge in [0.1, 0.15) is 0 Å². The summed E-state index contributed by atoms with van der Waals surface area (Å²) in [7, 11) is 3.31. The first-order valence-electron chi connectivity index (χ1n) is 5.63. The van der Waals surface area contributed by atoms with Crippen LogP contribution in [0.3, 0.4) is 0 Å². The van der Waals surface area contributed by atoms with E-state index in [2.05, 4.69) is 4.90 Å². The van der Waals surface area contributed by atoms with E-state index in [0.717, 1.165) is 12.1 Å². The standard InChI is InChI=1S/C12H23NO4/c1-10(7-12(14)15)8-13(5-6-16-3)11(2)9-17-4/h7,11H,5-6,8-9H2,1-4H3,(H,14,15). The van der Waals surface area contributed by atoms with Crippen molar-refractivity contribution in [3.05, 3.63) is 11.6 Å². The highest BCUT2D eigenvalue weighted by Crippen LogP contribution is 2.05. The van der Waals surface area contributed by atoms with Gasteiger partial charge in [-0.05, 0) is 13.8 Å². The van der Waals surface area contributed by atoms with E-state index in [9.17, 15) is 4.79 Å². The summed E-state index contributed by atoms with van der Waals surface area (Å²) < 4.78 is 10.2. The molecule has 0 aliphatic heterocycles. The van der Waals surface area contributed by atoms with Crippen molar-refractivity contribution < 1.29 is 19.4 Å². The molecule has 0 rings (SSSR count). The maximum absolute atomic E-state index is 10.6. The zero-order valence-corrected chi connectivity index (χ0v) is 11.1. The van der Waals surface area contributed by atoms with Crippen LogP contribution in [0.1, 0.15) is 13.8 Å². The van der Waals surface area contributed by atoms with Crippen LogP contribution in [-0.2, 0) is 14.3 Å². The summed E-state index contributed by atoms with van der Waals surface area (Å²) in [5, 5.41) is 8.67. The molecule has 0 fully saturated rings. The highest BCUT2D eigenvalue weighted by molar-refractivity contribution is 5.80. The molecule has 0 spiro atoms. The van der Waals surface area contributed by atoms with Crippen molar-refractivity contribution in [3.8, 4) is 0 Å². The average Bonchev–Trinajstić information content (AvgIpc) is 2.23. The molecule has 5 nitrogen and oxygen atoms in total. The third kappa shape index (κ3) is 7.90. The largest absolute Gasteiger partial charge is 0.478 e. The van der Waals surface area contributed by atoms with Crippen molar-refractivity contribution in [2.24, 2.45) is 0 Å². The third-order valence-electron chi connectivity index (χ3n) is 2.44. The summed E-state index contributed by atoms with van der Waals surface area (Å²) >= 11 is 0. The highest BCUT2D eigenvalue weighted by atomic mass is 16.5. The van der Waals surface area contributed by atoms with Gasteiger partial charge in [0, 0.05) is 39.4 Å². The molecule has 0 aromatic rings. The Bertz CT molecular complexity index is 253. The maximum atomic E-state index is 10.6. The first kappa shape index (κ1) is 16.1. The molecule has 0 aromatic carbocycles. The Kier molecular flexibility index (Phi) is 8.66. The quantitative estimate of drug-likeness (QED) is 0.614. The van der Waals surface area contributed by atoms with Gasteiger partial charge in [0.05, 0.1) is 13.2 Å². The number of hydrogen-bond acceptors (Lipinski definition) is 4. The summed E-state index contributed by atoms with van der Waals surface area (Å²) in [5.41, 5.74) is 0.816. The lowest BCUT2D eigenvalue weighted by molar-refractivity contribution is -0.131. The molecule has 0 aliphatic rings. The Labute approximate surface area is 103 Å². The number of rotatable bonds is 9. The zero-order valence-electron chi connectivity index (χ0n) is 11.1. The van der Waals surface area contributed by atoms with E-state index in [1.54, 1.807) is 14.2 Å². The van der Waals surface area contributed by atoms with Crippen LogP contribution < -0.4 is 0 Å². The summed E-state index contributed by atoms with van der Waals surface area (Å²) in [6.45, 7) is 6.46. The Morgan fingerprint density at radius 1 is 1.41 bits per heavy atom. The van der Waals surface area contributed by atoms with Crippen LogP contribution in [0, 0.1) is 0 Å². The van der Waals surface area contributed by atoms with Crippen LogP contribution in [0.2, 0.25) is 0 Å². The number of methoxy groups -OCH3 is 2. The van der Waals surface area contributed by atoms with Crippen molar-refractivity contribution in [1.29, 1.82) is 0 Å². The van der Waals surface area contributed by atoms with Crippen molar-refractivity contribution in [2.45, 2.75) is 19.9 Å². The number of carboxylic acids is 1. The molecule has 0 bridgehead atoms. The third-order valence-corrected chi connectivity index (χ3v) is 2.44. The minimum atomic E-state index is -0.909. The normalized spacial score (nSPS) is 14.1. The van der Waals surface area contributed by atoms with Gasteiger partial charge in [-0.25, -0.2) is 4.79 Å². The van der Waals surface area contributed by atoms with Gasteiger partial charge in [-0.1, -0.05) is 5.57 Å². The van der Waals surface area contributed by atoms with Crippen LogP contribution in [0.25, 0.3) is 0 Å². The van der Waals surface area contributed by atoms with Crippen LogP contribution in [0.5, 0.6) is 0 Å². The number of nitrogens with zero attached hydrogens (tertiary/aromatic N) is 1. The minimum Gasteiger partial charge on any atom is -0.478 e. The summed E-state index contributed by atoms with van der Waals surface area (Å²) in [6.07, 6.45) is 1.24. The average molecular weight is 245 g/mol. The van der Waals surface area contributed by atoms with Crippen molar-refractivity contribution in [1.82, 2.24) is 4.90 Å². The lowest BCUT2D eigenvalue weighted by Crippen LogP contribution is -2.39. The lowest BCUT2D eigenvalue weighted by atomic mass is 10.2. The lowest BCUT2D eigenvalue weighted by Gasteiger charge is -2.28. The predicted molar refractivity (Wildman–Crippen MR) is 66.2 cm³/mol. The van der Waals surface area contributed by atoms with E-state index in [1.807, 2.05) is 13.8 Å². The van der Waals surface area contributed by atoms with E-state index in [-0.39, 0.29) is 6.04 Å². The summed E-state index contributed by atoms with van der Waals surface area (Å²) in [5.74, 6) is -0.909. The number of ether oxygens (including phenoxy) is 2. The maximum Gasteiger partial charge on any atom is 0.328 e. The number of hydrogen-bond donors (Lipinski definition) is 1. The first-order valence-corrected chi connectivity index (χ1v) is 5.63. The topological polar surface area (TPSA) is 59.0 Å². The van der Waals surface area contributed by atoms with Gasteiger partial charge in [-0.15, -0.1) is 0 Å². The van der Waals surface area contributed by atoms with E-state index < -0.39 is 5.97 Å². The Morgan fingerprint density at radius 3 is 2.53 bits per heavy atom. The number of aliphatic carboxylic acids is 1. The number of carbonyl (C=O) groups is 1. The van der Waals surface area contributed by atoms with Gasteiger partial charge in [0.25, 0.3) is 0 Å². The molecule has 1 atom stereocenters. The molecule has 100 valence electrons. The summed E-state index contributed by atoms with van der Waals surface area (Å²) in [6, 6.07) is 0.229. The van der Waals surface area contributed by atoms with Gasteiger partial charge < -0.3 is 14.6 Å². The molecule has 0 aliphatic carbocycles. The van der Waals surface area contributed by atoms with E-state index in [0.29, 0.717) is 19.8 Å². The summed E-state index contributed by atoms with van der Waals surface area (Å²) in [4.78, 5) is 12.7. The molecule has 0 saturated carbocycles. The minimum absolute atomic E-state index is 0.229. The molecule has 0 radical (unpaired) electrons. The van der Waals surface area contributed by atoms with Gasteiger partial charge in [-0.2, -0.15) is 0 Å². The van der Waals surface area contributed by atoms with Crippen LogP contribution in [0.15, 0.2) is 11.6 Å².